The molecule has 4 unspecified atom stereocenters. The monoisotopic (exact) mass is 699 g/mol. The Morgan fingerprint density at radius 1 is 1.10 bits per heavy atom. The van der Waals surface area contributed by atoms with Gasteiger partial charge < -0.3 is 34.5 Å². The Labute approximate surface area is 295 Å². The van der Waals surface area contributed by atoms with Crippen molar-refractivity contribution >= 4 is 33.2 Å². The van der Waals surface area contributed by atoms with Crippen LogP contribution in [0.2, 0.25) is 0 Å². The maximum atomic E-state index is 17.3. The number of benzene rings is 2. The third kappa shape index (κ3) is 5.60. The lowest BCUT2D eigenvalue weighted by Gasteiger charge is -2.42. The van der Waals surface area contributed by atoms with E-state index >= 15 is 8.78 Å². The van der Waals surface area contributed by atoms with Gasteiger partial charge in [-0.2, -0.15) is 9.97 Å². The molecule has 4 aliphatic heterocycles. The normalized spacial score (nSPS) is 25.0. The number of rotatable bonds is 8. The first-order valence-electron chi connectivity index (χ1n) is 18.2. The molecule has 2 aromatic heterocycles. The summed E-state index contributed by atoms with van der Waals surface area (Å²) >= 11 is 0. The number of nitrogens with one attached hydrogen (secondary N) is 1. The molecule has 268 valence electrons. The van der Waals surface area contributed by atoms with Crippen LogP contribution in [0.3, 0.4) is 0 Å². The van der Waals surface area contributed by atoms with Crippen LogP contribution in [0.1, 0.15) is 57.9 Å². The third-order valence-electron chi connectivity index (χ3n) is 11.7. The highest BCUT2D eigenvalue weighted by Crippen LogP contribution is 2.48. The molecule has 2 bridgehead atoms. The van der Waals surface area contributed by atoms with Crippen molar-refractivity contribution in [2.45, 2.75) is 83.0 Å². The smallest absolute Gasteiger partial charge is 0.319 e. The van der Waals surface area contributed by atoms with E-state index in [1.165, 1.54) is 12.1 Å². The van der Waals surface area contributed by atoms with Crippen LogP contribution < -0.4 is 19.7 Å². The van der Waals surface area contributed by atoms with Crippen molar-refractivity contribution in [2.75, 3.05) is 44.8 Å². The average molecular weight is 700 g/mol. The molecule has 51 heavy (non-hydrogen) atoms. The molecule has 11 nitrogen and oxygen atoms in total. The quantitative estimate of drug-likeness (QED) is 0.221. The highest BCUT2D eigenvalue weighted by atomic mass is 19.1. The number of ether oxygens (including phenoxy) is 2. The van der Waals surface area contributed by atoms with Gasteiger partial charge in [-0.25, -0.2) is 13.8 Å². The fraction of sp³-hybridized carbons (Fsp3) is 0.526. The molecule has 3 saturated heterocycles. The van der Waals surface area contributed by atoms with Crippen LogP contribution in [0.25, 0.3) is 32.9 Å². The molecule has 13 heteroatoms. The van der Waals surface area contributed by atoms with E-state index in [4.69, 9.17) is 29.3 Å². The van der Waals surface area contributed by atoms with Crippen LogP contribution in [-0.2, 0) is 11.3 Å². The number of aryl methyl sites for hydroxylation is 1. The zero-order chi connectivity index (χ0) is 35.0. The molecule has 4 fully saturated rings. The molecule has 0 radical (unpaired) electrons. The maximum Gasteiger partial charge on any atom is 0.319 e. The Bertz CT molecular complexity index is 2060. The van der Waals surface area contributed by atoms with Crippen LogP contribution in [0.4, 0.5) is 14.6 Å². The van der Waals surface area contributed by atoms with Gasteiger partial charge in [0.1, 0.15) is 47.2 Å². The molecule has 1 saturated carbocycles. The van der Waals surface area contributed by atoms with Gasteiger partial charge in [0.05, 0.1) is 18.4 Å². The molecule has 0 amide bonds. The number of aromatic hydroxyl groups is 1. The maximum absolute atomic E-state index is 17.3. The van der Waals surface area contributed by atoms with Gasteiger partial charge in [-0.15, -0.1) is 0 Å². The van der Waals surface area contributed by atoms with Crippen molar-refractivity contribution in [1.82, 2.24) is 25.2 Å². The van der Waals surface area contributed by atoms with E-state index in [9.17, 15) is 5.11 Å². The predicted octanol–water partition coefficient (Wildman–Crippen LogP) is 5.74. The molecule has 1 aliphatic carbocycles. The van der Waals surface area contributed by atoms with Gasteiger partial charge in [0, 0.05) is 62.1 Å². The van der Waals surface area contributed by atoms with Gasteiger partial charge in [-0.1, -0.05) is 18.1 Å². The minimum atomic E-state index is -0.698. The third-order valence-corrected chi connectivity index (χ3v) is 11.7. The average Bonchev–Trinajstić information content (AvgIpc) is 3.82. The van der Waals surface area contributed by atoms with Crippen molar-refractivity contribution < 1.29 is 28.2 Å². The zero-order valence-corrected chi connectivity index (χ0v) is 29.2. The zero-order valence-electron chi connectivity index (χ0n) is 29.2. The summed E-state index contributed by atoms with van der Waals surface area (Å²) < 4.78 is 45.5. The van der Waals surface area contributed by atoms with E-state index in [-0.39, 0.29) is 64.1 Å². The van der Waals surface area contributed by atoms with Crippen LogP contribution in [-0.4, -0.2) is 94.8 Å². The first-order valence-corrected chi connectivity index (χ1v) is 18.2. The fourth-order valence-electron chi connectivity index (χ4n) is 8.97. The van der Waals surface area contributed by atoms with Crippen molar-refractivity contribution in [3.05, 3.63) is 41.5 Å². The number of piperazine rings is 1. The van der Waals surface area contributed by atoms with Crippen molar-refractivity contribution in [3.8, 4) is 28.9 Å². The lowest BCUT2D eigenvalue weighted by Crippen LogP contribution is -2.62. The van der Waals surface area contributed by atoms with Gasteiger partial charge >= 0.3 is 6.01 Å². The summed E-state index contributed by atoms with van der Waals surface area (Å²) in [6.07, 6.45) is 5.93. The van der Waals surface area contributed by atoms with E-state index in [1.54, 1.807) is 19.2 Å². The molecular weight excluding hydrogens is 656 g/mol. The van der Waals surface area contributed by atoms with Gasteiger partial charge in [0.25, 0.3) is 0 Å². The summed E-state index contributed by atoms with van der Waals surface area (Å²) in [5.41, 5.74) is 1.72. The summed E-state index contributed by atoms with van der Waals surface area (Å²) in [4.78, 5) is 24.2. The Morgan fingerprint density at radius 3 is 2.69 bits per heavy atom. The van der Waals surface area contributed by atoms with Gasteiger partial charge in [0.2, 0.25) is 5.88 Å². The molecule has 9 rings (SSSR count). The number of phenols is 1. The number of oxime groups is 1. The Hall–Kier alpha value is -4.36. The van der Waals surface area contributed by atoms with E-state index < -0.39 is 11.6 Å². The lowest BCUT2D eigenvalue weighted by atomic mass is 9.94. The first kappa shape index (κ1) is 32.5. The molecule has 4 atom stereocenters. The standard InChI is InChI=1S/C38H43F2N7O4/c1-4-25-27(39)7-5-21-15-24(48)16-26(29(21)25)32-31(40)33-30-35(47-17-23-6-8-28(41-23)34(47)20(2)51-36(30)42-32)44-37(43-33)50-19-38(11-12-38)18-46-13-9-22(10-14-46)45-49-3/h5,7,15-16,20,23,28,34,41,48H,4,6,8-14,17-19H2,1-3H3. The molecule has 5 aliphatic rings. The molecule has 6 heterocycles. The summed E-state index contributed by atoms with van der Waals surface area (Å²) in [5.74, 6) is -0.404. The van der Waals surface area contributed by atoms with Gasteiger partial charge in [-0.05, 0) is 73.6 Å². The van der Waals surface area contributed by atoms with E-state index in [0.717, 1.165) is 63.9 Å². The minimum absolute atomic E-state index is 0.0229. The Balaban J connectivity index is 1.15. The Morgan fingerprint density at radius 2 is 1.92 bits per heavy atom. The SMILES string of the molecule is CCc1c(F)ccc2cc(O)cc(-c3nc4c5c(nc(OCC6(CN7CCC(=NOC)CC7)CC6)nc5c3F)N3CC5CCC(N5)C3C(C)O4)c12. The van der Waals surface area contributed by atoms with Crippen molar-refractivity contribution in [2.24, 2.45) is 10.6 Å². The second-order valence-corrected chi connectivity index (χ2v) is 15.0. The molecule has 2 N–H and O–H groups in total. The van der Waals surface area contributed by atoms with Crippen LogP contribution in [0, 0.1) is 17.0 Å². The van der Waals surface area contributed by atoms with Gasteiger partial charge in [0.15, 0.2) is 5.82 Å². The number of hydrogen-bond donors (Lipinski definition) is 2. The van der Waals surface area contributed by atoms with Crippen LogP contribution >= 0.6 is 0 Å². The summed E-state index contributed by atoms with van der Waals surface area (Å²) in [6, 6.07) is 6.46. The number of likely N-dealkylation sites (tertiary alicyclic amines) is 1. The van der Waals surface area contributed by atoms with Gasteiger partial charge in [-0.3, -0.25) is 0 Å². The molecule has 4 aromatic rings. The molecule has 0 spiro atoms. The number of fused-ring (bicyclic) bond motifs is 6. The first-order chi connectivity index (χ1) is 24.7. The molecular formula is C38H43F2N7O4. The van der Waals surface area contributed by atoms with E-state index in [2.05, 4.69) is 20.3 Å². The number of piperidine rings is 1. The number of aromatic nitrogens is 3. The number of hydrogen-bond acceptors (Lipinski definition) is 11. The van der Waals surface area contributed by atoms with E-state index in [1.807, 2.05) is 13.8 Å². The van der Waals surface area contributed by atoms with Crippen LogP contribution in [0.15, 0.2) is 29.4 Å². The summed E-state index contributed by atoms with van der Waals surface area (Å²) in [5, 5.41) is 20.1. The summed E-state index contributed by atoms with van der Waals surface area (Å²) in [7, 11) is 1.59. The summed E-state index contributed by atoms with van der Waals surface area (Å²) in [6.45, 7) is 7.71. The Kier molecular flexibility index (Phi) is 7.91. The van der Waals surface area contributed by atoms with E-state index in [0.29, 0.717) is 47.1 Å². The van der Waals surface area contributed by atoms with Crippen molar-refractivity contribution in [3.63, 3.8) is 0 Å². The van der Waals surface area contributed by atoms with Crippen LogP contribution in [0.5, 0.6) is 17.6 Å². The number of anilines is 1. The number of nitrogens with zero attached hydrogens (tertiary/aromatic N) is 6. The number of phenolic OH excluding ortho intramolecular Hbond substituents is 1. The molecule has 2 aromatic carbocycles. The fourth-order valence-corrected chi connectivity index (χ4v) is 8.97. The topological polar surface area (TPSA) is 117 Å². The minimum Gasteiger partial charge on any atom is -0.508 e. The predicted molar refractivity (Wildman–Crippen MR) is 190 cm³/mol. The second-order valence-electron chi connectivity index (χ2n) is 15.0. The lowest BCUT2D eigenvalue weighted by molar-refractivity contribution is 0.150. The highest BCUT2D eigenvalue weighted by Gasteiger charge is 2.48. The second kappa shape index (κ2) is 12.4. The van der Waals surface area contributed by atoms with Crippen molar-refractivity contribution in [1.29, 1.82) is 0 Å². The largest absolute Gasteiger partial charge is 0.508 e. The highest BCUT2D eigenvalue weighted by molar-refractivity contribution is 6.03. The number of pyridine rings is 1. The number of halogens is 2.